The maximum Gasteiger partial charge on any atom is 0.338 e. The molecule has 0 saturated heterocycles. The van der Waals surface area contributed by atoms with Gasteiger partial charge in [0, 0.05) is 18.0 Å². The maximum absolute atomic E-state index is 10.7. The first kappa shape index (κ1) is 13.8. The molecule has 0 unspecified atom stereocenters. The van der Waals surface area contributed by atoms with Crippen LogP contribution in [0.1, 0.15) is 17.3 Å². The minimum atomic E-state index is -1.05. The fraction of sp³-hybridized carbons (Fsp3) is 0.214. The van der Waals surface area contributed by atoms with Gasteiger partial charge < -0.3 is 14.6 Å². The number of carbonyl (C=O) groups is 1. The van der Waals surface area contributed by atoms with Crippen LogP contribution in [0.3, 0.4) is 0 Å². The van der Waals surface area contributed by atoms with Gasteiger partial charge in [-0.3, -0.25) is 0 Å². The fourth-order valence-corrected chi connectivity index (χ4v) is 1.67. The first-order chi connectivity index (χ1) is 9.65. The van der Waals surface area contributed by atoms with Crippen molar-refractivity contribution in [1.29, 1.82) is 0 Å². The number of hydrogen-bond acceptors (Lipinski definition) is 5. The molecule has 6 nitrogen and oxygen atoms in total. The van der Waals surface area contributed by atoms with E-state index in [1.807, 2.05) is 6.92 Å². The molecule has 0 bridgehead atoms. The van der Waals surface area contributed by atoms with Crippen LogP contribution in [0.4, 0.5) is 0 Å². The maximum atomic E-state index is 10.7. The largest absolute Gasteiger partial charge is 0.493 e. The lowest BCUT2D eigenvalue weighted by atomic mass is 10.2. The van der Waals surface area contributed by atoms with Gasteiger partial charge in [-0.15, -0.1) is 0 Å². The summed E-state index contributed by atoms with van der Waals surface area (Å²) in [7, 11) is 1.55. The van der Waals surface area contributed by atoms with Crippen molar-refractivity contribution in [3.05, 3.63) is 36.2 Å². The number of methoxy groups -OCH3 is 1. The zero-order valence-corrected chi connectivity index (χ0v) is 11.2. The molecule has 0 aliphatic rings. The molecule has 0 radical (unpaired) electrons. The Morgan fingerprint density at radius 1 is 1.25 bits per heavy atom. The normalized spacial score (nSPS) is 10.1. The van der Waals surface area contributed by atoms with Gasteiger partial charge in [0.2, 0.25) is 0 Å². The number of nitrogens with zero attached hydrogens (tertiary/aromatic N) is 2. The average molecular weight is 274 g/mol. The second-order valence-corrected chi connectivity index (χ2v) is 3.90. The molecule has 2 rings (SSSR count). The Labute approximate surface area is 116 Å². The minimum absolute atomic E-state index is 0.0478. The third kappa shape index (κ3) is 2.85. The second-order valence-electron chi connectivity index (χ2n) is 3.90. The van der Waals surface area contributed by atoms with Crippen molar-refractivity contribution in [2.24, 2.45) is 0 Å². The third-order valence-corrected chi connectivity index (χ3v) is 2.62. The highest BCUT2D eigenvalue weighted by Gasteiger charge is 2.10. The summed E-state index contributed by atoms with van der Waals surface area (Å²) in [4.78, 5) is 18.8. The standard InChI is InChI=1S/C14H14N2O4/c1-3-20-11-5-4-9(6-12(11)19-2)13-15-7-10(8-16-13)14(17)18/h4-8H,3H2,1-2H3,(H,17,18). The molecule has 0 spiro atoms. The van der Waals surface area contributed by atoms with Crippen molar-refractivity contribution in [3.8, 4) is 22.9 Å². The first-order valence-corrected chi connectivity index (χ1v) is 6.02. The predicted octanol–water partition coefficient (Wildman–Crippen LogP) is 2.25. The highest BCUT2D eigenvalue weighted by atomic mass is 16.5. The molecular weight excluding hydrogens is 260 g/mol. The predicted molar refractivity (Wildman–Crippen MR) is 72.1 cm³/mol. The lowest BCUT2D eigenvalue weighted by molar-refractivity contribution is 0.0696. The van der Waals surface area contributed by atoms with E-state index >= 15 is 0 Å². The van der Waals surface area contributed by atoms with Gasteiger partial charge in [-0.05, 0) is 25.1 Å². The number of benzene rings is 1. The summed E-state index contributed by atoms with van der Waals surface area (Å²) in [5, 5.41) is 8.81. The Morgan fingerprint density at radius 3 is 2.50 bits per heavy atom. The SMILES string of the molecule is CCOc1ccc(-c2ncc(C(=O)O)cn2)cc1OC. The quantitative estimate of drug-likeness (QED) is 0.900. The van der Waals surface area contributed by atoms with E-state index in [1.54, 1.807) is 25.3 Å². The van der Waals surface area contributed by atoms with Crippen LogP contribution < -0.4 is 9.47 Å². The van der Waals surface area contributed by atoms with E-state index in [2.05, 4.69) is 9.97 Å². The van der Waals surface area contributed by atoms with Crippen molar-refractivity contribution in [3.63, 3.8) is 0 Å². The number of aromatic nitrogens is 2. The van der Waals surface area contributed by atoms with Crippen LogP contribution in [-0.2, 0) is 0 Å². The van der Waals surface area contributed by atoms with Crippen molar-refractivity contribution in [2.75, 3.05) is 13.7 Å². The molecule has 20 heavy (non-hydrogen) atoms. The summed E-state index contributed by atoms with van der Waals surface area (Å²) < 4.78 is 10.7. The van der Waals surface area contributed by atoms with E-state index in [9.17, 15) is 4.79 Å². The Morgan fingerprint density at radius 2 is 1.95 bits per heavy atom. The van der Waals surface area contributed by atoms with Crippen molar-refractivity contribution >= 4 is 5.97 Å². The van der Waals surface area contributed by atoms with Crippen molar-refractivity contribution in [1.82, 2.24) is 9.97 Å². The zero-order valence-electron chi connectivity index (χ0n) is 11.2. The van der Waals surface area contributed by atoms with E-state index in [0.717, 1.165) is 5.56 Å². The highest BCUT2D eigenvalue weighted by Crippen LogP contribution is 2.31. The van der Waals surface area contributed by atoms with Gasteiger partial charge in [0.05, 0.1) is 19.3 Å². The van der Waals surface area contributed by atoms with Crippen molar-refractivity contribution in [2.45, 2.75) is 6.92 Å². The summed E-state index contributed by atoms with van der Waals surface area (Å²) in [6.07, 6.45) is 2.54. The molecule has 2 aromatic rings. The molecule has 6 heteroatoms. The van der Waals surface area contributed by atoms with E-state index in [-0.39, 0.29) is 5.56 Å². The van der Waals surface area contributed by atoms with Gasteiger partial charge in [0.25, 0.3) is 0 Å². The van der Waals surface area contributed by atoms with Gasteiger partial charge in [0.1, 0.15) is 0 Å². The number of carboxylic acid groups (broad SMARTS) is 1. The topological polar surface area (TPSA) is 81.5 Å². The molecule has 1 aromatic heterocycles. The van der Waals surface area contributed by atoms with Crippen LogP contribution in [0.2, 0.25) is 0 Å². The van der Waals surface area contributed by atoms with Crippen molar-refractivity contribution < 1.29 is 19.4 Å². The van der Waals surface area contributed by atoms with Gasteiger partial charge >= 0.3 is 5.97 Å². The zero-order chi connectivity index (χ0) is 14.5. The van der Waals surface area contributed by atoms with Crippen LogP contribution in [-0.4, -0.2) is 34.8 Å². The van der Waals surface area contributed by atoms with E-state index in [1.165, 1.54) is 12.4 Å². The van der Waals surface area contributed by atoms with Gasteiger partial charge in [-0.1, -0.05) is 0 Å². The Kier molecular flexibility index (Phi) is 4.14. The van der Waals surface area contributed by atoms with E-state index in [4.69, 9.17) is 14.6 Å². The highest BCUT2D eigenvalue weighted by molar-refractivity contribution is 5.86. The summed E-state index contributed by atoms with van der Waals surface area (Å²) in [5.41, 5.74) is 0.772. The molecule has 0 saturated carbocycles. The molecule has 0 fully saturated rings. The number of rotatable bonds is 5. The van der Waals surface area contributed by atoms with Crippen LogP contribution in [0.15, 0.2) is 30.6 Å². The average Bonchev–Trinajstić information content (AvgIpc) is 2.48. The monoisotopic (exact) mass is 274 g/mol. The number of ether oxygens (including phenoxy) is 2. The molecular formula is C14H14N2O4. The minimum Gasteiger partial charge on any atom is -0.493 e. The molecule has 0 aliphatic carbocycles. The molecule has 104 valence electrons. The second kappa shape index (κ2) is 6.01. The van der Waals surface area contributed by atoms with Crippen LogP contribution in [0.5, 0.6) is 11.5 Å². The lowest BCUT2D eigenvalue weighted by Gasteiger charge is -2.10. The van der Waals surface area contributed by atoms with Crippen LogP contribution in [0.25, 0.3) is 11.4 Å². The molecule has 0 aliphatic heterocycles. The van der Waals surface area contributed by atoms with Crippen LogP contribution in [0, 0.1) is 0 Å². The Hall–Kier alpha value is -2.63. The smallest absolute Gasteiger partial charge is 0.338 e. The molecule has 0 amide bonds. The molecule has 0 atom stereocenters. The number of carboxylic acids is 1. The molecule has 1 N–H and O–H groups in total. The molecule has 1 heterocycles. The summed E-state index contributed by atoms with van der Waals surface area (Å²) >= 11 is 0. The third-order valence-electron chi connectivity index (χ3n) is 2.62. The summed E-state index contributed by atoms with van der Waals surface area (Å²) in [6, 6.07) is 5.32. The van der Waals surface area contributed by atoms with E-state index in [0.29, 0.717) is 23.9 Å². The Balaban J connectivity index is 2.35. The summed E-state index contributed by atoms with van der Waals surface area (Å²) in [6.45, 7) is 2.43. The Bertz CT molecular complexity index is 611. The summed E-state index contributed by atoms with van der Waals surface area (Å²) in [5.74, 6) is 0.591. The number of hydrogen-bond donors (Lipinski definition) is 1. The van der Waals surface area contributed by atoms with Gasteiger partial charge in [-0.2, -0.15) is 0 Å². The fourth-order valence-electron chi connectivity index (χ4n) is 1.67. The molecule has 1 aromatic carbocycles. The van der Waals surface area contributed by atoms with Crippen LogP contribution >= 0.6 is 0 Å². The number of aromatic carboxylic acids is 1. The lowest BCUT2D eigenvalue weighted by Crippen LogP contribution is -2.00. The van der Waals surface area contributed by atoms with Gasteiger partial charge in [0.15, 0.2) is 17.3 Å². The van der Waals surface area contributed by atoms with Gasteiger partial charge in [-0.25, -0.2) is 14.8 Å². The van der Waals surface area contributed by atoms with E-state index < -0.39 is 5.97 Å². The first-order valence-electron chi connectivity index (χ1n) is 6.02.